The van der Waals surface area contributed by atoms with Crippen LogP contribution in [-0.2, 0) is 10.0 Å². The topological polar surface area (TPSA) is 72.6 Å². The number of anilines is 1. The van der Waals surface area contributed by atoms with Crippen LogP contribution in [0.1, 0.15) is 13.3 Å². The maximum absolute atomic E-state index is 12.6. The zero-order valence-electron chi connectivity index (χ0n) is 11.6. The van der Waals surface area contributed by atoms with Crippen LogP contribution < -0.4 is 10.5 Å². The minimum atomic E-state index is -4.62. The molecule has 120 valence electrons. The first-order valence-electron chi connectivity index (χ1n) is 6.12. The van der Waals surface area contributed by atoms with Crippen molar-refractivity contribution in [3.63, 3.8) is 0 Å². The van der Waals surface area contributed by atoms with E-state index < -0.39 is 22.7 Å². The molecule has 0 fully saturated rings. The van der Waals surface area contributed by atoms with Crippen LogP contribution in [0.2, 0.25) is 0 Å². The molecular formula is C12H17F3N2O3S. The van der Waals surface area contributed by atoms with E-state index >= 15 is 0 Å². The molecule has 0 atom stereocenters. The van der Waals surface area contributed by atoms with Gasteiger partial charge in [-0.25, -0.2) is 8.42 Å². The highest BCUT2D eigenvalue weighted by Crippen LogP contribution is 2.30. The van der Waals surface area contributed by atoms with Crippen LogP contribution in [0.25, 0.3) is 0 Å². The maximum atomic E-state index is 12.6. The fourth-order valence-corrected chi connectivity index (χ4v) is 3.42. The Hall–Kier alpha value is -1.48. The van der Waals surface area contributed by atoms with Crippen LogP contribution in [0.5, 0.6) is 5.75 Å². The zero-order valence-corrected chi connectivity index (χ0v) is 12.5. The number of hydrogen-bond donors (Lipinski definition) is 1. The second-order valence-corrected chi connectivity index (χ2v) is 6.27. The molecule has 0 saturated heterocycles. The molecule has 0 aromatic heterocycles. The highest BCUT2D eigenvalue weighted by atomic mass is 32.2. The second kappa shape index (κ2) is 6.52. The summed E-state index contributed by atoms with van der Waals surface area (Å²) in [5.41, 5.74) is 5.77. The zero-order chi connectivity index (χ0) is 16.3. The second-order valence-electron chi connectivity index (χ2n) is 4.36. The molecule has 0 bridgehead atoms. The van der Waals surface area contributed by atoms with E-state index in [4.69, 9.17) is 10.5 Å². The van der Waals surface area contributed by atoms with Crippen LogP contribution in [0, 0.1) is 0 Å². The number of hydrogen-bond acceptors (Lipinski definition) is 4. The van der Waals surface area contributed by atoms with Gasteiger partial charge in [0.1, 0.15) is 17.2 Å². The summed E-state index contributed by atoms with van der Waals surface area (Å²) in [4.78, 5) is -0.336. The van der Waals surface area contributed by atoms with E-state index in [0.29, 0.717) is 4.31 Å². The molecular weight excluding hydrogens is 309 g/mol. The van der Waals surface area contributed by atoms with Crippen LogP contribution >= 0.6 is 0 Å². The molecule has 1 aromatic rings. The highest BCUT2D eigenvalue weighted by Gasteiger charge is 2.37. The van der Waals surface area contributed by atoms with Crippen molar-refractivity contribution in [2.24, 2.45) is 0 Å². The Kier molecular flexibility index (Phi) is 5.46. The number of halogens is 3. The average molecular weight is 326 g/mol. The standard InChI is InChI=1S/C12H17F3N2O3S/c1-3-6-17(8-12(13,14)15)21(18,19)11-5-4-9(16)7-10(11)20-2/h4-5,7H,3,6,8,16H2,1-2H3. The lowest BCUT2D eigenvalue weighted by Crippen LogP contribution is -2.39. The summed E-state index contributed by atoms with van der Waals surface area (Å²) in [6.45, 7) is -0.189. The molecule has 0 unspecified atom stereocenters. The summed E-state index contributed by atoms with van der Waals surface area (Å²) in [6, 6.07) is 3.69. The first-order valence-corrected chi connectivity index (χ1v) is 7.56. The number of rotatable bonds is 6. The predicted octanol–water partition coefficient (Wildman–Crippen LogP) is 2.24. The lowest BCUT2D eigenvalue weighted by molar-refractivity contribution is -0.136. The number of ether oxygens (including phenoxy) is 1. The fraction of sp³-hybridized carbons (Fsp3) is 0.500. The number of sulfonamides is 1. The number of nitrogens with two attached hydrogens (primary N) is 1. The Labute approximate surface area is 121 Å². The van der Waals surface area contributed by atoms with Gasteiger partial charge in [-0.3, -0.25) is 0 Å². The minimum Gasteiger partial charge on any atom is -0.495 e. The molecule has 0 heterocycles. The van der Waals surface area contributed by atoms with E-state index in [2.05, 4.69) is 0 Å². The Morgan fingerprint density at radius 1 is 1.33 bits per heavy atom. The van der Waals surface area contributed by atoms with Crippen molar-refractivity contribution in [2.45, 2.75) is 24.4 Å². The SMILES string of the molecule is CCCN(CC(F)(F)F)S(=O)(=O)c1ccc(N)cc1OC. The molecule has 0 amide bonds. The molecule has 2 N–H and O–H groups in total. The quantitative estimate of drug-likeness (QED) is 0.814. The third-order valence-corrected chi connectivity index (χ3v) is 4.52. The summed E-state index contributed by atoms with van der Waals surface area (Å²) >= 11 is 0. The van der Waals surface area contributed by atoms with Crippen molar-refractivity contribution >= 4 is 15.7 Å². The first kappa shape index (κ1) is 17.6. The van der Waals surface area contributed by atoms with Gasteiger partial charge in [0.25, 0.3) is 0 Å². The van der Waals surface area contributed by atoms with Crippen LogP contribution in [0.3, 0.4) is 0 Å². The first-order chi connectivity index (χ1) is 9.61. The molecule has 5 nitrogen and oxygen atoms in total. The van der Waals surface area contributed by atoms with Crippen molar-refractivity contribution in [2.75, 3.05) is 25.9 Å². The maximum Gasteiger partial charge on any atom is 0.402 e. The van der Waals surface area contributed by atoms with Gasteiger partial charge in [-0.1, -0.05) is 6.92 Å². The number of nitrogen functional groups attached to an aromatic ring is 1. The smallest absolute Gasteiger partial charge is 0.402 e. The molecule has 0 aliphatic rings. The van der Waals surface area contributed by atoms with Crippen molar-refractivity contribution in [1.82, 2.24) is 4.31 Å². The Balaban J connectivity index is 3.29. The molecule has 1 aromatic carbocycles. The number of alkyl halides is 3. The molecule has 0 aliphatic carbocycles. The monoisotopic (exact) mass is 326 g/mol. The summed E-state index contributed by atoms with van der Waals surface area (Å²) in [5, 5.41) is 0. The van der Waals surface area contributed by atoms with E-state index in [0.717, 1.165) is 6.07 Å². The molecule has 0 aliphatic heterocycles. The number of methoxy groups -OCH3 is 1. The van der Waals surface area contributed by atoms with Gasteiger partial charge in [-0.2, -0.15) is 17.5 Å². The van der Waals surface area contributed by atoms with E-state index in [-0.39, 0.29) is 29.3 Å². The molecule has 9 heteroatoms. The van der Waals surface area contributed by atoms with Gasteiger partial charge in [-0.15, -0.1) is 0 Å². The summed E-state index contributed by atoms with van der Waals surface area (Å²) in [6.07, 6.45) is -4.37. The normalized spacial score (nSPS) is 12.7. The van der Waals surface area contributed by atoms with Crippen molar-refractivity contribution < 1.29 is 26.3 Å². The predicted molar refractivity (Wildman–Crippen MR) is 72.5 cm³/mol. The summed E-state index contributed by atoms with van der Waals surface area (Å²) in [5.74, 6) is -0.0849. The van der Waals surface area contributed by atoms with Crippen molar-refractivity contribution in [3.8, 4) is 5.75 Å². The van der Waals surface area contributed by atoms with E-state index in [1.54, 1.807) is 6.92 Å². The van der Waals surface area contributed by atoms with Gasteiger partial charge >= 0.3 is 6.18 Å². The molecule has 0 spiro atoms. The average Bonchev–Trinajstić information content (AvgIpc) is 2.36. The van der Waals surface area contributed by atoms with Crippen molar-refractivity contribution in [1.29, 1.82) is 0 Å². The summed E-state index contributed by atoms with van der Waals surface area (Å²) in [7, 11) is -3.10. The molecule has 0 saturated carbocycles. The summed E-state index contributed by atoms with van der Waals surface area (Å²) < 4.78 is 67.8. The lowest BCUT2D eigenvalue weighted by Gasteiger charge is -2.23. The highest BCUT2D eigenvalue weighted by molar-refractivity contribution is 7.89. The van der Waals surface area contributed by atoms with E-state index in [9.17, 15) is 21.6 Å². The van der Waals surface area contributed by atoms with Gasteiger partial charge in [-0.05, 0) is 18.6 Å². The third kappa shape index (κ3) is 4.50. The molecule has 1 rings (SSSR count). The van der Waals surface area contributed by atoms with Gasteiger partial charge < -0.3 is 10.5 Å². The Bertz CT molecular complexity index is 588. The van der Waals surface area contributed by atoms with Gasteiger partial charge in [0.15, 0.2) is 0 Å². The van der Waals surface area contributed by atoms with Crippen LogP contribution in [0.15, 0.2) is 23.1 Å². The third-order valence-electron chi connectivity index (χ3n) is 2.63. The number of benzene rings is 1. The minimum absolute atomic E-state index is 0.0849. The van der Waals surface area contributed by atoms with Gasteiger partial charge in [0.05, 0.1) is 7.11 Å². The van der Waals surface area contributed by atoms with Crippen LogP contribution in [-0.4, -0.2) is 39.1 Å². The Morgan fingerprint density at radius 2 is 1.95 bits per heavy atom. The van der Waals surface area contributed by atoms with E-state index in [1.807, 2.05) is 0 Å². The van der Waals surface area contributed by atoms with E-state index in [1.165, 1.54) is 19.2 Å². The van der Waals surface area contributed by atoms with Gasteiger partial charge in [0.2, 0.25) is 10.0 Å². The Morgan fingerprint density at radius 3 is 2.43 bits per heavy atom. The molecule has 21 heavy (non-hydrogen) atoms. The number of nitrogens with zero attached hydrogens (tertiary/aromatic N) is 1. The van der Waals surface area contributed by atoms with Gasteiger partial charge in [0, 0.05) is 18.3 Å². The molecule has 0 radical (unpaired) electrons. The van der Waals surface area contributed by atoms with Crippen LogP contribution in [0.4, 0.5) is 18.9 Å². The lowest BCUT2D eigenvalue weighted by atomic mass is 10.3. The largest absolute Gasteiger partial charge is 0.495 e. The van der Waals surface area contributed by atoms with Crippen molar-refractivity contribution in [3.05, 3.63) is 18.2 Å². The fourth-order valence-electron chi connectivity index (χ4n) is 1.77.